The van der Waals surface area contributed by atoms with Gasteiger partial charge >= 0.3 is 11.9 Å². The minimum atomic E-state index is -1.22. The zero-order chi connectivity index (χ0) is 21.3. The first-order chi connectivity index (χ1) is 14.4. The molecule has 0 aliphatic carbocycles. The molecule has 30 heavy (non-hydrogen) atoms. The molecule has 154 valence electrons. The number of nitrogens with zero attached hydrogens (tertiary/aromatic N) is 2. The maximum atomic E-state index is 12.8. The molecule has 1 aromatic heterocycles. The van der Waals surface area contributed by atoms with Gasteiger partial charge in [0.1, 0.15) is 31.3 Å². The molecule has 5 rings (SSSR count). The number of rotatable bonds is 5. The number of amides is 1. The minimum Gasteiger partial charge on any atom is -0.478 e. The number of aliphatic carboxylic acids is 1. The lowest BCUT2D eigenvalue weighted by atomic mass is 9.83. The zero-order valence-corrected chi connectivity index (χ0v) is 16.0. The summed E-state index contributed by atoms with van der Waals surface area (Å²) in [7, 11) is 0. The van der Waals surface area contributed by atoms with Crippen LogP contribution in [0.1, 0.15) is 29.0 Å². The fourth-order valence-electron chi connectivity index (χ4n) is 4.29. The summed E-state index contributed by atoms with van der Waals surface area (Å²) in [4.78, 5) is 41.0. The van der Waals surface area contributed by atoms with E-state index in [-0.39, 0.29) is 22.4 Å². The summed E-state index contributed by atoms with van der Waals surface area (Å²) in [5.41, 5.74) is 0.994. The average Bonchev–Trinajstić information content (AvgIpc) is 3.15. The monoisotopic (exact) mass is 410 g/mol. The summed E-state index contributed by atoms with van der Waals surface area (Å²) in [6, 6.07) is 8.34. The van der Waals surface area contributed by atoms with E-state index >= 15 is 0 Å². The number of carboxylic acid groups (broad SMARTS) is 1. The van der Waals surface area contributed by atoms with Gasteiger partial charge in [-0.05, 0) is 24.1 Å². The van der Waals surface area contributed by atoms with Crippen LogP contribution < -0.4 is 5.32 Å². The van der Waals surface area contributed by atoms with E-state index in [1.54, 1.807) is 24.3 Å². The molecule has 1 aromatic carbocycles. The van der Waals surface area contributed by atoms with E-state index in [9.17, 15) is 14.4 Å². The highest BCUT2D eigenvalue weighted by Crippen LogP contribution is 2.34. The molecule has 9 nitrogen and oxygen atoms in total. The van der Waals surface area contributed by atoms with Gasteiger partial charge in [-0.1, -0.05) is 0 Å². The van der Waals surface area contributed by atoms with Crippen LogP contribution in [-0.2, 0) is 14.4 Å². The summed E-state index contributed by atoms with van der Waals surface area (Å²) < 4.78 is 5.42. The SMILES string of the molecule is N#Cc1cc2cc(C(=O)N[C@H]3C[N+]4(OC(=O)/C=C/C(=O)O)CCC3CC4)ccc2o1. The van der Waals surface area contributed by atoms with Gasteiger partial charge in [0.2, 0.25) is 5.76 Å². The highest BCUT2D eigenvalue weighted by atomic mass is 16.7. The summed E-state index contributed by atoms with van der Waals surface area (Å²) in [5.74, 6) is -1.69. The van der Waals surface area contributed by atoms with Gasteiger partial charge in [0.15, 0.2) is 0 Å². The Morgan fingerprint density at radius 1 is 1.23 bits per heavy atom. The largest absolute Gasteiger partial charge is 0.478 e. The Morgan fingerprint density at radius 3 is 2.70 bits per heavy atom. The van der Waals surface area contributed by atoms with Gasteiger partial charge in [0, 0.05) is 42.0 Å². The van der Waals surface area contributed by atoms with Crippen molar-refractivity contribution in [3.05, 3.63) is 47.7 Å². The Balaban J connectivity index is 1.45. The van der Waals surface area contributed by atoms with E-state index in [1.165, 1.54) is 0 Å². The molecular weight excluding hydrogens is 390 g/mol. The number of fused-ring (bicyclic) bond motifs is 4. The van der Waals surface area contributed by atoms with Crippen LogP contribution in [0.5, 0.6) is 0 Å². The fourth-order valence-corrected chi connectivity index (χ4v) is 4.29. The molecule has 2 aromatic rings. The molecule has 3 aliphatic rings. The molecule has 1 atom stereocenters. The molecule has 0 radical (unpaired) electrons. The second-order valence-electron chi connectivity index (χ2n) is 7.66. The maximum absolute atomic E-state index is 12.8. The van der Waals surface area contributed by atoms with Gasteiger partial charge in [0.25, 0.3) is 5.91 Å². The number of quaternary nitrogens is 1. The number of hydrogen-bond acceptors (Lipinski definition) is 6. The second-order valence-corrected chi connectivity index (χ2v) is 7.66. The van der Waals surface area contributed by atoms with Crippen molar-refractivity contribution in [1.82, 2.24) is 5.32 Å². The Bertz CT molecular complexity index is 1090. The van der Waals surface area contributed by atoms with Crippen LogP contribution >= 0.6 is 0 Å². The standard InChI is InChI=1S/C21H19N3O6/c22-11-16-10-15-9-14(1-2-18(15)29-16)21(28)23-17-12-24(7-5-13(17)6-8-24)30-20(27)4-3-19(25)26/h1-4,9-10,13,17H,5-8,12H2,(H-,23,25,26,28)/p+1/b4-3+/t13?,17-,24?/m0/s1. The highest BCUT2D eigenvalue weighted by molar-refractivity contribution is 5.98. The smallest absolute Gasteiger partial charge is 0.390 e. The number of carbonyl (C=O) groups is 3. The predicted octanol–water partition coefficient (Wildman–Crippen LogP) is 1.74. The molecule has 0 unspecified atom stereocenters. The molecule has 3 saturated heterocycles. The third kappa shape index (κ3) is 3.90. The summed E-state index contributed by atoms with van der Waals surface area (Å²) in [5, 5.41) is 21.3. The van der Waals surface area contributed by atoms with Crippen molar-refractivity contribution in [3.8, 4) is 6.07 Å². The number of furan rings is 1. The maximum Gasteiger partial charge on any atom is 0.390 e. The van der Waals surface area contributed by atoms with Crippen molar-refractivity contribution < 1.29 is 33.4 Å². The van der Waals surface area contributed by atoms with Crippen LogP contribution in [0.25, 0.3) is 11.0 Å². The topological polar surface area (TPSA) is 130 Å². The van der Waals surface area contributed by atoms with Gasteiger partial charge < -0.3 is 14.8 Å². The zero-order valence-electron chi connectivity index (χ0n) is 16.0. The van der Waals surface area contributed by atoms with Crippen molar-refractivity contribution in [2.45, 2.75) is 18.9 Å². The Hall–Kier alpha value is -3.64. The van der Waals surface area contributed by atoms with Crippen LogP contribution in [0, 0.1) is 17.2 Å². The molecule has 3 aliphatic heterocycles. The van der Waals surface area contributed by atoms with E-state index in [0.717, 1.165) is 25.0 Å². The van der Waals surface area contributed by atoms with Crippen LogP contribution in [0.3, 0.4) is 0 Å². The molecule has 4 heterocycles. The van der Waals surface area contributed by atoms with Crippen molar-refractivity contribution in [3.63, 3.8) is 0 Å². The van der Waals surface area contributed by atoms with E-state index in [0.29, 0.717) is 42.1 Å². The number of nitrogens with one attached hydrogen (secondary N) is 1. The van der Waals surface area contributed by atoms with E-state index in [2.05, 4.69) is 5.32 Å². The average molecular weight is 410 g/mol. The number of hydroxylamine groups is 3. The molecule has 2 bridgehead atoms. The van der Waals surface area contributed by atoms with Crippen LogP contribution in [0.4, 0.5) is 0 Å². The second kappa shape index (κ2) is 7.65. The Kier molecular flexibility index (Phi) is 5.01. The number of nitriles is 1. The predicted molar refractivity (Wildman–Crippen MR) is 103 cm³/mol. The molecule has 9 heteroatoms. The summed E-state index contributed by atoms with van der Waals surface area (Å²) in [6.07, 6.45) is 3.25. The molecule has 0 spiro atoms. The Labute approximate surface area is 171 Å². The molecular formula is C21H20N3O6+. The number of benzene rings is 1. The van der Waals surface area contributed by atoms with Gasteiger partial charge in [-0.15, -0.1) is 4.65 Å². The minimum absolute atomic E-state index is 0.0799. The van der Waals surface area contributed by atoms with Gasteiger partial charge in [-0.25, -0.2) is 9.59 Å². The first-order valence-corrected chi connectivity index (χ1v) is 9.63. The van der Waals surface area contributed by atoms with Crippen molar-refractivity contribution >= 4 is 28.8 Å². The Morgan fingerprint density at radius 2 is 2.00 bits per heavy atom. The number of carbonyl (C=O) groups excluding carboxylic acids is 2. The summed E-state index contributed by atoms with van der Waals surface area (Å²) in [6.45, 7) is 1.72. The quantitative estimate of drug-likeness (QED) is 0.567. The lowest BCUT2D eigenvalue weighted by molar-refractivity contribution is -1.10. The number of piperidine rings is 3. The van der Waals surface area contributed by atoms with E-state index in [1.807, 2.05) is 6.07 Å². The molecule has 2 N–H and O–H groups in total. The van der Waals surface area contributed by atoms with Gasteiger partial charge in [-0.2, -0.15) is 5.26 Å². The number of hydrogen-bond donors (Lipinski definition) is 2. The van der Waals surface area contributed by atoms with Crippen molar-refractivity contribution in [2.75, 3.05) is 19.6 Å². The van der Waals surface area contributed by atoms with Crippen LogP contribution in [0.15, 0.2) is 40.8 Å². The van der Waals surface area contributed by atoms with Crippen molar-refractivity contribution in [1.29, 1.82) is 5.26 Å². The normalized spacial score (nSPS) is 25.2. The first kappa shape index (κ1) is 19.7. The molecule has 0 saturated carbocycles. The van der Waals surface area contributed by atoms with E-state index < -0.39 is 11.9 Å². The van der Waals surface area contributed by atoms with Gasteiger partial charge in [-0.3, -0.25) is 9.63 Å². The van der Waals surface area contributed by atoms with Crippen LogP contribution in [-0.4, -0.2) is 53.3 Å². The number of carboxylic acids is 1. The van der Waals surface area contributed by atoms with Crippen molar-refractivity contribution in [2.24, 2.45) is 5.92 Å². The molecule has 3 fully saturated rings. The molecule has 1 amide bonds. The first-order valence-electron chi connectivity index (χ1n) is 9.63. The third-order valence-electron chi connectivity index (χ3n) is 5.76. The third-order valence-corrected chi connectivity index (χ3v) is 5.76. The lowest BCUT2D eigenvalue weighted by Gasteiger charge is -2.48. The van der Waals surface area contributed by atoms with Crippen LogP contribution in [0.2, 0.25) is 0 Å². The van der Waals surface area contributed by atoms with E-state index in [4.69, 9.17) is 19.6 Å². The van der Waals surface area contributed by atoms with Gasteiger partial charge in [0.05, 0.1) is 6.04 Å². The lowest BCUT2D eigenvalue weighted by Crippen LogP contribution is -2.67. The fraction of sp³-hybridized carbons (Fsp3) is 0.333. The summed E-state index contributed by atoms with van der Waals surface area (Å²) >= 11 is 0. The highest BCUT2D eigenvalue weighted by Gasteiger charge is 2.49.